The van der Waals surface area contributed by atoms with Crippen LogP contribution in [0.15, 0.2) is 0 Å². The minimum absolute atomic E-state index is 0. The van der Waals surface area contributed by atoms with Gasteiger partial charge in [-0.3, -0.25) is 0 Å². The van der Waals surface area contributed by atoms with Crippen LogP contribution in [0.3, 0.4) is 0 Å². The molecular formula is C3F7LiO3S. The molecule has 0 N–H and O–H groups in total. The first-order chi connectivity index (χ1) is 5.75. The van der Waals surface area contributed by atoms with Crippen molar-refractivity contribution < 1.29 is 62.6 Å². The molecule has 0 aromatic carbocycles. The van der Waals surface area contributed by atoms with Gasteiger partial charge in [0.15, 0.2) is 10.1 Å². The van der Waals surface area contributed by atoms with Crippen LogP contribution in [0.5, 0.6) is 0 Å². The molecule has 0 amide bonds. The van der Waals surface area contributed by atoms with Gasteiger partial charge >= 0.3 is 36.2 Å². The predicted octanol–water partition coefficient (Wildman–Crippen LogP) is -1.67. The van der Waals surface area contributed by atoms with Crippen molar-refractivity contribution in [2.75, 3.05) is 0 Å². The van der Waals surface area contributed by atoms with Crippen LogP contribution in [0.25, 0.3) is 0 Å². The Balaban J connectivity index is 0. The molecule has 0 rings (SSSR count). The van der Waals surface area contributed by atoms with Crippen LogP contribution in [0, 0.1) is 0 Å². The Morgan fingerprint density at radius 1 is 0.867 bits per heavy atom. The smallest absolute Gasteiger partial charge is 0.743 e. The first kappa shape index (κ1) is 17.4. The number of rotatable bonds is 2. The van der Waals surface area contributed by atoms with Gasteiger partial charge < -0.3 is 4.55 Å². The Labute approximate surface area is 90.6 Å². The van der Waals surface area contributed by atoms with E-state index in [-0.39, 0.29) is 18.9 Å². The zero-order chi connectivity index (χ0) is 12.0. The van der Waals surface area contributed by atoms with Crippen molar-refractivity contribution in [1.29, 1.82) is 0 Å². The summed E-state index contributed by atoms with van der Waals surface area (Å²) in [7, 11) is -7.10. The van der Waals surface area contributed by atoms with Crippen molar-refractivity contribution in [3.63, 3.8) is 0 Å². The summed E-state index contributed by atoms with van der Waals surface area (Å²) >= 11 is 0. The van der Waals surface area contributed by atoms with Gasteiger partial charge in [0.1, 0.15) is 0 Å². The SMILES string of the molecule is O=S(=O)([O-])C(F)(F)C(F)(F)C(F)(F)F.[Li+]. The summed E-state index contributed by atoms with van der Waals surface area (Å²) in [6.45, 7) is 0. The molecule has 0 atom stereocenters. The maximum Gasteiger partial charge on any atom is 1.00 e. The molecule has 3 nitrogen and oxygen atoms in total. The zero-order valence-corrected chi connectivity index (χ0v) is 7.60. The molecule has 86 valence electrons. The Bertz CT molecular complexity index is 319. The van der Waals surface area contributed by atoms with Gasteiger partial charge in [-0.2, -0.15) is 30.7 Å². The molecule has 0 aromatic heterocycles. The van der Waals surface area contributed by atoms with E-state index in [9.17, 15) is 43.7 Å². The summed E-state index contributed by atoms with van der Waals surface area (Å²) in [5.41, 5.74) is 0. The molecule has 0 unspecified atom stereocenters. The number of halogens is 7. The second-order valence-electron chi connectivity index (χ2n) is 2.04. The monoisotopic (exact) mass is 256 g/mol. The van der Waals surface area contributed by atoms with E-state index >= 15 is 0 Å². The molecule has 0 spiro atoms. The van der Waals surface area contributed by atoms with Crippen LogP contribution in [-0.4, -0.2) is 30.3 Å². The molecule has 0 saturated carbocycles. The Morgan fingerprint density at radius 3 is 1.20 bits per heavy atom. The van der Waals surface area contributed by atoms with E-state index in [1.807, 2.05) is 0 Å². The molecule has 0 fully saturated rings. The van der Waals surface area contributed by atoms with Gasteiger partial charge in [-0.1, -0.05) is 0 Å². The quantitative estimate of drug-likeness (QED) is 0.337. The number of hydrogen-bond donors (Lipinski definition) is 0. The van der Waals surface area contributed by atoms with Gasteiger partial charge in [-0.05, 0) is 0 Å². The maximum absolute atomic E-state index is 11.8. The van der Waals surface area contributed by atoms with Crippen molar-refractivity contribution in [2.45, 2.75) is 17.4 Å². The van der Waals surface area contributed by atoms with E-state index in [0.29, 0.717) is 0 Å². The topological polar surface area (TPSA) is 57.2 Å². The van der Waals surface area contributed by atoms with Gasteiger partial charge in [-0.15, -0.1) is 0 Å². The second-order valence-corrected chi connectivity index (χ2v) is 3.46. The summed E-state index contributed by atoms with van der Waals surface area (Å²) in [6, 6.07) is 0. The predicted molar refractivity (Wildman–Crippen MR) is 25.6 cm³/mol. The van der Waals surface area contributed by atoms with E-state index in [0.717, 1.165) is 0 Å². The van der Waals surface area contributed by atoms with Gasteiger partial charge in [-0.25, -0.2) is 8.42 Å². The third-order valence-electron chi connectivity index (χ3n) is 1.04. The molecule has 0 aliphatic rings. The largest absolute Gasteiger partial charge is 1.00 e. The van der Waals surface area contributed by atoms with Crippen LogP contribution >= 0.6 is 0 Å². The summed E-state index contributed by atoms with van der Waals surface area (Å²) in [5, 5.41) is -6.72. The third-order valence-corrected chi connectivity index (χ3v) is 1.92. The van der Waals surface area contributed by atoms with E-state index in [1.165, 1.54) is 0 Å². The first-order valence-corrected chi connectivity index (χ1v) is 3.94. The Hall–Kier alpha value is 0.0174. The third kappa shape index (κ3) is 2.77. The normalized spacial score (nSPS) is 14.7. The fourth-order valence-corrected chi connectivity index (χ4v) is 0.752. The summed E-state index contributed by atoms with van der Waals surface area (Å²) in [4.78, 5) is 0. The standard InChI is InChI=1S/C3HF7O3S.Li/c4-1(5,2(6,7)8)3(9,10)14(11,12)13;/h(H,11,12,13);/q;+1/p-1. The van der Waals surface area contributed by atoms with Gasteiger partial charge in [0, 0.05) is 0 Å². The Kier molecular flexibility index (Phi) is 4.78. The van der Waals surface area contributed by atoms with Gasteiger partial charge in [0.25, 0.3) is 0 Å². The molecule has 0 radical (unpaired) electrons. The first-order valence-electron chi connectivity index (χ1n) is 2.53. The van der Waals surface area contributed by atoms with Crippen molar-refractivity contribution in [3.05, 3.63) is 0 Å². The Morgan fingerprint density at radius 2 is 1.13 bits per heavy atom. The van der Waals surface area contributed by atoms with Crippen LogP contribution in [-0.2, 0) is 10.1 Å². The van der Waals surface area contributed by atoms with Gasteiger partial charge in [0.05, 0.1) is 0 Å². The molecule has 0 saturated heterocycles. The maximum atomic E-state index is 11.8. The average Bonchev–Trinajstić information content (AvgIpc) is 1.81. The minimum Gasteiger partial charge on any atom is -0.743 e. The average molecular weight is 256 g/mol. The van der Waals surface area contributed by atoms with Crippen molar-refractivity contribution in [1.82, 2.24) is 0 Å². The molecule has 0 heterocycles. The fourth-order valence-electron chi connectivity index (χ4n) is 0.322. The fraction of sp³-hybridized carbons (Fsp3) is 1.00. The van der Waals surface area contributed by atoms with Crippen LogP contribution in [0.4, 0.5) is 30.7 Å². The van der Waals surface area contributed by atoms with Crippen molar-refractivity contribution in [3.8, 4) is 0 Å². The van der Waals surface area contributed by atoms with Gasteiger partial charge in [0.2, 0.25) is 0 Å². The second kappa shape index (κ2) is 4.12. The molecule has 15 heavy (non-hydrogen) atoms. The number of hydrogen-bond acceptors (Lipinski definition) is 3. The summed E-state index contributed by atoms with van der Waals surface area (Å²) in [5.74, 6) is -6.92. The van der Waals surface area contributed by atoms with E-state index in [4.69, 9.17) is 0 Å². The van der Waals surface area contributed by atoms with Crippen LogP contribution in [0.2, 0.25) is 0 Å². The summed E-state index contributed by atoms with van der Waals surface area (Å²) < 4.78 is 109. The number of alkyl halides is 7. The molecule has 0 aromatic rings. The van der Waals surface area contributed by atoms with E-state index in [2.05, 4.69) is 0 Å². The molecular weight excluding hydrogens is 256 g/mol. The molecule has 0 aliphatic heterocycles. The molecule has 0 bridgehead atoms. The van der Waals surface area contributed by atoms with Crippen LogP contribution in [0.1, 0.15) is 0 Å². The van der Waals surface area contributed by atoms with Crippen molar-refractivity contribution in [2.24, 2.45) is 0 Å². The van der Waals surface area contributed by atoms with Crippen LogP contribution < -0.4 is 18.9 Å². The molecule has 0 aliphatic carbocycles. The van der Waals surface area contributed by atoms with Crippen molar-refractivity contribution >= 4 is 10.1 Å². The molecule has 12 heteroatoms. The van der Waals surface area contributed by atoms with E-state index < -0.39 is 27.5 Å². The van der Waals surface area contributed by atoms with E-state index in [1.54, 1.807) is 0 Å². The zero-order valence-electron chi connectivity index (χ0n) is 6.78. The minimum atomic E-state index is -7.10. The summed E-state index contributed by atoms with van der Waals surface area (Å²) in [6.07, 6.45) is -6.83.